The SMILES string of the molecule is CC(C)C[C@@H](NC(=O)COCCOc1ccccc1)C(=O)O. The van der Waals surface area contributed by atoms with Gasteiger partial charge in [-0.25, -0.2) is 4.79 Å². The Hall–Kier alpha value is -2.08. The number of hydrogen-bond donors (Lipinski definition) is 2. The fourth-order valence-corrected chi connectivity index (χ4v) is 1.83. The number of aliphatic carboxylic acids is 1. The molecule has 0 fully saturated rings. The topological polar surface area (TPSA) is 84.9 Å². The van der Waals surface area contributed by atoms with Gasteiger partial charge in [-0.3, -0.25) is 4.79 Å². The molecule has 0 saturated carbocycles. The van der Waals surface area contributed by atoms with Gasteiger partial charge in [0.1, 0.15) is 25.0 Å². The maximum Gasteiger partial charge on any atom is 0.326 e. The van der Waals surface area contributed by atoms with Gasteiger partial charge in [-0.1, -0.05) is 32.0 Å². The number of carboxylic acid groups (broad SMARTS) is 1. The van der Waals surface area contributed by atoms with Gasteiger partial charge < -0.3 is 19.9 Å². The zero-order valence-corrected chi connectivity index (χ0v) is 13.0. The molecule has 0 radical (unpaired) electrons. The van der Waals surface area contributed by atoms with E-state index < -0.39 is 17.9 Å². The van der Waals surface area contributed by atoms with Gasteiger partial charge in [-0.05, 0) is 24.5 Å². The van der Waals surface area contributed by atoms with Crippen LogP contribution < -0.4 is 10.1 Å². The molecule has 0 aliphatic carbocycles. The van der Waals surface area contributed by atoms with Crippen LogP contribution >= 0.6 is 0 Å². The normalized spacial score (nSPS) is 12.0. The Bertz CT molecular complexity index is 461. The van der Waals surface area contributed by atoms with Crippen LogP contribution in [-0.4, -0.2) is 42.8 Å². The lowest BCUT2D eigenvalue weighted by atomic mass is 10.0. The van der Waals surface area contributed by atoms with Gasteiger partial charge in [0.25, 0.3) is 0 Å². The maximum atomic E-state index is 11.6. The van der Waals surface area contributed by atoms with Crippen molar-refractivity contribution in [3.05, 3.63) is 30.3 Å². The molecule has 1 aromatic rings. The van der Waals surface area contributed by atoms with Crippen LogP contribution in [0.5, 0.6) is 5.75 Å². The molecule has 0 heterocycles. The second-order valence-corrected chi connectivity index (χ2v) is 5.30. The molecule has 6 heteroatoms. The quantitative estimate of drug-likeness (QED) is 0.643. The molecule has 1 rings (SSSR count). The molecule has 122 valence electrons. The summed E-state index contributed by atoms with van der Waals surface area (Å²) in [4.78, 5) is 22.7. The highest BCUT2D eigenvalue weighted by molar-refractivity contribution is 5.84. The van der Waals surface area contributed by atoms with E-state index in [9.17, 15) is 9.59 Å². The maximum absolute atomic E-state index is 11.6. The molecule has 0 spiro atoms. The highest BCUT2D eigenvalue weighted by atomic mass is 16.5. The van der Waals surface area contributed by atoms with Crippen LogP contribution in [0.1, 0.15) is 20.3 Å². The van der Waals surface area contributed by atoms with Crippen LogP contribution in [0.3, 0.4) is 0 Å². The number of carbonyl (C=O) groups is 2. The minimum atomic E-state index is -1.03. The van der Waals surface area contributed by atoms with Crippen molar-refractivity contribution in [2.45, 2.75) is 26.3 Å². The molecule has 0 aliphatic heterocycles. The minimum Gasteiger partial charge on any atom is -0.491 e. The number of para-hydroxylation sites is 1. The van der Waals surface area contributed by atoms with Crippen molar-refractivity contribution in [1.29, 1.82) is 0 Å². The summed E-state index contributed by atoms with van der Waals surface area (Å²) in [5.74, 6) is -0.553. The monoisotopic (exact) mass is 309 g/mol. The van der Waals surface area contributed by atoms with Crippen molar-refractivity contribution < 1.29 is 24.2 Å². The smallest absolute Gasteiger partial charge is 0.326 e. The Kier molecular flexibility index (Phi) is 7.99. The molecule has 6 nitrogen and oxygen atoms in total. The zero-order chi connectivity index (χ0) is 16.4. The standard InChI is InChI=1S/C16H23NO5/c1-12(2)10-14(16(19)20)17-15(18)11-21-8-9-22-13-6-4-3-5-7-13/h3-7,12,14H,8-11H2,1-2H3,(H,17,18)(H,19,20)/t14-/m1/s1. The van der Waals surface area contributed by atoms with Gasteiger partial charge in [0, 0.05) is 0 Å². The fraction of sp³-hybridized carbons (Fsp3) is 0.500. The second kappa shape index (κ2) is 9.78. The Balaban J connectivity index is 2.18. The first-order valence-electron chi connectivity index (χ1n) is 7.26. The van der Waals surface area contributed by atoms with Gasteiger partial charge in [-0.2, -0.15) is 0 Å². The number of carboxylic acids is 1. The highest BCUT2D eigenvalue weighted by Gasteiger charge is 2.20. The van der Waals surface area contributed by atoms with Crippen LogP contribution in [0, 0.1) is 5.92 Å². The molecule has 0 bridgehead atoms. The molecule has 0 aromatic heterocycles. The predicted octanol–water partition coefficient (Wildman–Crippen LogP) is 1.70. The van der Waals surface area contributed by atoms with Crippen LogP contribution in [0.15, 0.2) is 30.3 Å². The van der Waals surface area contributed by atoms with Crippen molar-refractivity contribution in [3.8, 4) is 5.75 Å². The number of benzene rings is 1. The van der Waals surface area contributed by atoms with Gasteiger partial charge >= 0.3 is 5.97 Å². The molecule has 1 amide bonds. The number of amides is 1. The largest absolute Gasteiger partial charge is 0.491 e. The molecular formula is C16H23NO5. The first kappa shape index (κ1) is 18.0. The lowest BCUT2D eigenvalue weighted by Crippen LogP contribution is -2.43. The molecule has 1 aromatic carbocycles. The van der Waals surface area contributed by atoms with E-state index in [1.54, 1.807) is 0 Å². The van der Waals surface area contributed by atoms with Crippen molar-refractivity contribution >= 4 is 11.9 Å². The van der Waals surface area contributed by atoms with E-state index in [1.165, 1.54) is 0 Å². The first-order valence-corrected chi connectivity index (χ1v) is 7.26. The van der Waals surface area contributed by atoms with E-state index in [-0.39, 0.29) is 19.1 Å². The highest BCUT2D eigenvalue weighted by Crippen LogP contribution is 2.07. The van der Waals surface area contributed by atoms with Crippen LogP contribution in [0.4, 0.5) is 0 Å². The van der Waals surface area contributed by atoms with Gasteiger partial charge in [0.2, 0.25) is 5.91 Å². The summed E-state index contributed by atoms with van der Waals surface area (Å²) in [7, 11) is 0. The van der Waals surface area contributed by atoms with Crippen LogP contribution in [0.2, 0.25) is 0 Å². The summed E-state index contributed by atoms with van der Waals surface area (Å²) in [5.41, 5.74) is 0. The van der Waals surface area contributed by atoms with Crippen molar-refractivity contribution in [2.75, 3.05) is 19.8 Å². The molecule has 1 atom stereocenters. The Morgan fingerprint density at radius 1 is 1.18 bits per heavy atom. The molecule has 2 N–H and O–H groups in total. The van der Waals surface area contributed by atoms with E-state index in [4.69, 9.17) is 14.6 Å². The first-order chi connectivity index (χ1) is 10.5. The Morgan fingerprint density at radius 2 is 1.86 bits per heavy atom. The summed E-state index contributed by atoms with van der Waals surface area (Å²) in [5, 5.41) is 11.5. The lowest BCUT2D eigenvalue weighted by molar-refractivity contribution is -0.143. The lowest BCUT2D eigenvalue weighted by Gasteiger charge is -2.16. The Morgan fingerprint density at radius 3 is 2.45 bits per heavy atom. The summed E-state index contributed by atoms with van der Waals surface area (Å²) in [6.45, 7) is 4.20. The summed E-state index contributed by atoms with van der Waals surface area (Å²) in [6.07, 6.45) is 0.387. The van der Waals surface area contributed by atoms with E-state index in [0.29, 0.717) is 13.0 Å². The van der Waals surface area contributed by atoms with Gasteiger partial charge in [0.05, 0.1) is 6.61 Å². The third kappa shape index (κ3) is 7.64. The predicted molar refractivity (Wildman–Crippen MR) is 81.8 cm³/mol. The van der Waals surface area contributed by atoms with E-state index >= 15 is 0 Å². The summed E-state index contributed by atoms with van der Waals surface area (Å²) < 4.78 is 10.6. The number of carbonyl (C=O) groups excluding carboxylic acids is 1. The fourth-order valence-electron chi connectivity index (χ4n) is 1.83. The van der Waals surface area contributed by atoms with Crippen LogP contribution in [-0.2, 0) is 14.3 Å². The van der Waals surface area contributed by atoms with Crippen molar-refractivity contribution in [2.24, 2.45) is 5.92 Å². The number of rotatable bonds is 10. The molecule has 0 unspecified atom stereocenters. The van der Waals surface area contributed by atoms with Crippen molar-refractivity contribution in [1.82, 2.24) is 5.32 Å². The molecule has 22 heavy (non-hydrogen) atoms. The molecule has 0 saturated heterocycles. The number of nitrogens with one attached hydrogen (secondary N) is 1. The van der Waals surface area contributed by atoms with E-state index in [2.05, 4.69) is 5.32 Å². The molecule has 0 aliphatic rings. The van der Waals surface area contributed by atoms with E-state index in [0.717, 1.165) is 5.75 Å². The summed E-state index contributed by atoms with van der Waals surface area (Å²) in [6, 6.07) is 8.40. The molecular weight excluding hydrogens is 286 g/mol. The van der Waals surface area contributed by atoms with Gasteiger partial charge in [0.15, 0.2) is 0 Å². The van der Waals surface area contributed by atoms with Crippen LogP contribution in [0.25, 0.3) is 0 Å². The Labute approximate surface area is 130 Å². The summed E-state index contributed by atoms with van der Waals surface area (Å²) >= 11 is 0. The third-order valence-corrected chi connectivity index (χ3v) is 2.81. The third-order valence-electron chi connectivity index (χ3n) is 2.81. The van der Waals surface area contributed by atoms with Gasteiger partial charge in [-0.15, -0.1) is 0 Å². The average molecular weight is 309 g/mol. The van der Waals surface area contributed by atoms with Crippen molar-refractivity contribution in [3.63, 3.8) is 0 Å². The number of ether oxygens (including phenoxy) is 2. The minimum absolute atomic E-state index is 0.181. The second-order valence-electron chi connectivity index (χ2n) is 5.30. The zero-order valence-electron chi connectivity index (χ0n) is 13.0. The van der Waals surface area contributed by atoms with E-state index in [1.807, 2.05) is 44.2 Å². The average Bonchev–Trinajstić information content (AvgIpc) is 2.46. The number of hydrogen-bond acceptors (Lipinski definition) is 4.